The van der Waals surface area contributed by atoms with E-state index in [0.717, 1.165) is 67.4 Å². The van der Waals surface area contributed by atoms with Crippen LogP contribution in [0.2, 0.25) is 0 Å². The Balaban J connectivity index is 1.12. The Labute approximate surface area is 282 Å². The van der Waals surface area contributed by atoms with Gasteiger partial charge in [0.2, 0.25) is 5.91 Å². The van der Waals surface area contributed by atoms with E-state index >= 15 is 0 Å². The first-order valence-electron chi connectivity index (χ1n) is 17.4. The first-order valence-corrected chi connectivity index (χ1v) is 17.4. The maximum absolute atomic E-state index is 14.4. The zero-order chi connectivity index (χ0) is 33.7. The van der Waals surface area contributed by atoms with E-state index in [9.17, 15) is 19.5 Å². The summed E-state index contributed by atoms with van der Waals surface area (Å²) in [5.74, 6) is 0.567. The monoisotopic (exact) mass is 656 g/mol. The smallest absolute Gasteiger partial charge is 0.407 e. The number of nitrogens with one attached hydrogen (secondary N) is 1. The number of ether oxygens (including phenoxy) is 1. The lowest BCUT2D eigenvalue weighted by Crippen LogP contribution is -2.56. The highest BCUT2D eigenvalue weighted by Crippen LogP contribution is 2.32. The van der Waals surface area contributed by atoms with Gasteiger partial charge in [-0.05, 0) is 62.8 Å². The molecule has 3 heterocycles. The van der Waals surface area contributed by atoms with Crippen molar-refractivity contribution in [1.29, 1.82) is 0 Å². The lowest BCUT2D eigenvalue weighted by molar-refractivity contribution is -0.147. The van der Waals surface area contributed by atoms with Crippen molar-refractivity contribution < 1.29 is 24.2 Å². The number of H-pyrrole nitrogens is 1. The average Bonchev–Trinajstić information content (AvgIpc) is 3.66. The summed E-state index contributed by atoms with van der Waals surface area (Å²) in [6.07, 6.45) is 10.2. The number of carbonyl (C=O) groups excluding carboxylic acids is 2. The predicted octanol–water partition coefficient (Wildman–Crippen LogP) is 5.63. The molecule has 3 aliphatic rings. The van der Waals surface area contributed by atoms with Gasteiger partial charge in [-0.3, -0.25) is 14.7 Å². The van der Waals surface area contributed by atoms with Gasteiger partial charge in [0.1, 0.15) is 5.75 Å². The lowest BCUT2D eigenvalue weighted by atomic mass is 9.90. The quantitative estimate of drug-likeness (QED) is 0.306. The summed E-state index contributed by atoms with van der Waals surface area (Å²) in [5.41, 5.74) is 3.14. The highest BCUT2D eigenvalue weighted by atomic mass is 16.5. The molecule has 0 radical (unpaired) electrons. The molecule has 2 aromatic carbocycles. The van der Waals surface area contributed by atoms with Crippen LogP contribution in [0.15, 0.2) is 60.9 Å². The normalized spacial score (nSPS) is 19.2. The molecule has 2 N–H and O–H groups in total. The first-order chi connectivity index (χ1) is 23.2. The van der Waals surface area contributed by atoms with Crippen molar-refractivity contribution in [2.45, 2.75) is 77.0 Å². The summed E-state index contributed by atoms with van der Waals surface area (Å²) in [7, 11) is 0. The molecule has 1 unspecified atom stereocenters. The van der Waals surface area contributed by atoms with E-state index in [-0.39, 0.29) is 36.9 Å². The average molecular weight is 657 g/mol. The van der Waals surface area contributed by atoms with Crippen molar-refractivity contribution in [3.05, 3.63) is 66.5 Å². The van der Waals surface area contributed by atoms with Crippen molar-refractivity contribution in [3.63, 3.8) is 0 Å². The lowest BCUT2D eigenvalue weighted by Gasteiger charge is -2.40. The van der Waals surface area contributed by atoms with E-state index in [4.69, 9.17) is 4.74 Å². The Morgan fingerprint density at radius 3 is 2.33 bits per heavy atom. The number of benzene rings is 2. The minimum absolute atomic E-state index is 0.0991. The number of piperidine rings is 1. The van der Waals surface area contributed by atoms with Gasteiger partial charge in [0.25, 0.3) is 5.91 Å². The van der Waals surface area contributed by atoms with E-state index in [1.807, 2.05) is 36.7 Å². The number of amides is 3. The fourth-order valence-electron chi connectivity index (χ4n) is 7.40. The van der Waals surface area contributed by atoms with Crippen molar-refractivity contribution in [1.82, 2.24) is 24.9 Å². The molecule has 3 aromatic rings. The van der Waals surface area contributed by atoms with Gasteiger partial charge in [-0.25, -0.2) is 4.79 Å². The second kappa shape index (κ2) is 14.7. The van der Waals surface area contributed by atoms with Gasteiger partial charge in [-0.2, -0.15) is 5.10 Å². The summed E-state index contributed by atoms with van der Waals surface area (Å²) in [4.78, 5) is 46.5. The summed E-state index contributed by atoms with van der Waals surface area (Å²) < 4.78 is 6.28. The molecule has 48 heavy (non-hydrogen) atoms. The molecule has 11 heteroatoms. The maximum atomic E-state index is 14.4. The molecule has 2 aliphatic heterocycles. The fraction of sp³-hybridized carbons (Fsp3) is 0.514. The summed E-state index contributed by atoms with van der Waals surface area (Å²) in [5, 5.41) is 16.2. The molecule has 256 valence electrons. The van der Waals surface area contributed by atoms with Crippen LogP contribution in [-0.4, -0.2) is 98.8 Å². The number of hydrogen-bond donors (Lipinski definition) is 2. The molecule has 3 fully saturated rings. The van der Waals surface area contributed by atoms with Crippen LogP contribution in [0.25, 0.3) is 11.1 Å². The van der Waals surface area contributed by atoms with Crippen LogP contribution in [0, 0.1) is 5.92 Å². The third kappa shape index (κ3) is 7.77. The van der Waals surface area contributed by atoms with Gasteiger partial charge < -0.3 is 29.4 Å². The number of aromatic amines is 1. The molecule has 2 saturated heterocycles. The van der Waals surface area contributed by atoms with Crippen LogP contribution in [-0.2, 0) is 16.1 Å². The molecule has 1 aromatic heterocycles. The van der Waals surface area contributed by atoms with Crippen LogP contribution in [0.4, 0.5) is 10.5 Å². The maximum Gasteiger partial charge on any atom is 0.407 e. The largest absolute Gasteiger partial charge is 0.478 e. The van der Waals surface area contributed by atoms with Crippen LogP contribution in [0.1, 0.15) is 64.4 Å². The zero-order valence-electron chi connectivity index (χ0n) is 28.1. The molecule has 1 atom stereocenters. The molecule has 3 amide bonds. The van der Waals surface area contributed by atoms with Crippen LogP contribution in [0.5, 0.6) is 5.75 Å². The number of piperazine rings is 1. The van der Waals surface area contributed by atoms with Crippen LogP contribution in [0.3, 0.4) is 0 Å². The molecule has 1 aliphatic carbocycles. The molecule has 6 rings (SSSR count). The van der Waals surface area contributed by atoms with E-state index in [2.05, 4.69) is 44.3 Å². The number of carboxylic acid groups (broad SMARTS) is 1. The van der Waals surface area contributed by atoms with E-state index in [0.29, 0.717) is 31.9 Å². The van der Waals surface area contributed by atoms with Crippen molar-refractivity contribution >= 4 is 23.6 Å². The third-order valence-corrected chi connectivity index (χ3v) is 10.1. The summed E-state index contributed by atoms with van der Waals surface area (Å²) in [6.45, 7) is 6.88. The number of nitrogens with zero attached hydrogens (tertiary/aromatic N) is 5. The third-order valence-electron chi connectivity index (χ3n) is 10.1. The molecular weight excluding hydrogens is 608 g/mol. The minimum atomic E-state index is -1.12. The van der Waals surface area contributed by atoms with E-state index in [1.54, 1.807) is 18.7 Å². The van der Waals surface area contributed by atoms with Gasteiger partial charge in [0.05, 0.1) is 12.1 Å². The van der Waals surface area contributed by atoms with E-state index < -0.39 is 11.7 Å². The molecule has 1 saturated carbocycles. The Kier molecular flexibility index (Phi) is 10.2. The molecule has 0 spiro atoms. The highest BCUT2D eigenvalue weighted by molar-refractivity contribution is 5.85. The van der Waals surface area contributed by atoms with Crippen molar-refractivity contribution in [2.24, 2.45) is 5.92 Å². The van der Waals surface area contributed by atoms with Gasteiger partial charge in [-0.15, -0.1) is 0 Å². The van der Waals surface area contributed by atoms with Gasteiger partial charge in [0.15, 0.2) is 5.60 Å². The van der Waals surface area contributed by atoms with Gasteiger partial charge >= 0.3 is 6.09 Å². The number of hydrogen-bond acceptors (Lipinski definition) is 6. The number of carbonyl (C=O) groups is 3. The first kappa shape index (κ1) is 33.4. The highest BCUT2D eigenvalue weighted by Gasteiger charge is 2.37. The fourth-order valence-corrected chi connectivity index (χ4v) is 7.40. The number of aromatic nitrogens is 2. The Hall–Kier alpha value is -4.54. The summed E-state index contributed by atoms with van der Waals surface area (Å²) >= 11 is 0. The van der Waals surface area contributed by atoms with Crippen LogP contribution >= 0.6 is 0 Å². The summed E-state index contributed by atoms with van der Waals surface area (Å²) in [6, 6.07) is 16.5. The Morgan fingerprint density at radius 2 is 1.65 bits per heavy atom. The zero-order valence-corrected chi connectivity index (χ0v) is 28.1. The van der Waals surface area contributed by atoms with Gasteiger partial charge in [0, 0.05) is 75.4 Å². The standard InChI is InChI=1S/C37H48N6O5/c1-37(2,35(45)40-18-20-41(21-19-40)36(46)47)48-33-12-6-11-32(22-33)42-17-7-8-29(26-42)34(44)43(31-9-4-3-5-10-31)25-27-13-15-28(16-14-27)30-23-38-39-24-30/h6,11-16,22-24,29,31H,3-5,7-10,17-21,25-26H2,1-2H3,(H,38,39)(H,46,47). The molecular formula is C37H48N6O5. The van der Waals surface area contributed by atoms with Gasteiger partial charge in [-0.1, -0.05) is 49.6 Å². The second-order valence-electron chi connectivity index (χ2n) is 13.9. The second-order valence-corrected chi connectivity index (χ2v) is 13.9. The van der Waals surface area contributed by atoms with E-state index in [1.165, 1.54) is 11.3 Å². The minimum Gasteiger partial charge on any atom is -0.478 e. The van der Waals surface area contributed by atoms with Crippen LogP contribution < -0.4 is 9.64 Å². The van der Waals surface area contributed by atoms with Crippen molar-refractivity contribution in [2.75, 3.05) is 44.2 Å². The Morgan fingerprint density at radius 1 is 0.917 bits per heavy atom. The Bertz CT molecular complexity index is 1540. The SMILES string of the molecule is CC(C)(Oc1cccc(N2CCCC(C(=O)N(Cc3ccc(-c4cn[nH]c4)cc3)C3CCCCC3)C2)c1)C(=O)N1CCN(C(=O)O)CC1. The predicted molar refractivity (Wildman–Crippen MR) is 184 cm³/mol. The number of anilines is 1. The molecule has 0 bridgehead atoms. The topological polar surface area (TPSA) is 122 Å². The molecule has 11 nitrogen and oxygen atoms in total. The van der Waals surface area contributed by atoms with Crippen molar-refractivity contribution in [3.8, 4) is 16.9 Å². The number of rotatable bonds is 9.